The number of primary amides is 1. The molecule has 0 spiro atoms. The van der Waals surface area contributed by atoms with Gasteiger partial charge in [-0.3, -0.25) is 9.69 Å². The minimum Gasteiger partial charge on any atom is -0.368 e. The number of nitrogens with two attached hydrogens (primary N) is 1. The minimum absolute atomic E-state index is 0.323. The Morgan fingerprint density at radius 2 is 2.25 bits per heavy atom. The number of benzene rings is 1. The van der Waals surface area contributed by atoms with Gasteiger partial charge in [-0.25, -0.2) is 0 Å². The second kappa shape index (κ2) is 6.78. The van der Waals surface area contributed by atoms with Crippen molar-refractivity contribution in [2.24, 2.45) is 5.73 Å². The van der Waals surface area contributed by atoms with Crippen molar-refractivity contribution in [3.8, 4) is 6.07 Å². The summed E-state index contributed by atoms with van der Waals surface area (Å²) in [5, 5.41) is 9.40. The van der Waals surface area contributed by atoms with E-state index in [-0.39, 0.29) is 5.91 Å². The Morgan fingerprint density at radius 3 is 2.80 bits per heavy atom. The topological polar surface area (TPSA) is 70.1 Å². The van der Waals surface area contributed by atoms with E-state index in [0.29, 0.717) is 10.8 Å². The summed E-state index contributed by atoms with van der Waals surface area (Å²) in [6.07, 6.45) is 1.10. The van der Waals surface area contributed by atoms with E-state index in [1.54, 1.807) is 12.1 Å². The molecule has 1 fully saturated rings. The molecule has 0 saturated carbocycles. The van der Waals surface area contributed by atoms with Crippen LogP contribution in [0.4, 0.5) is 0 Å². The van der Waals surface area contributed by atoms with Gasteiger partial charge < -0.3 is 5.73 Å². The van der Waals surface area contributed by atoms with Crippen molar-refractivity contribution in [2.75, 3.05) is 18.8 Å². The van der Waals surface area contributed by atoms with Crippen LogP contribution in [-0.4, -0.2) is 34.9 Å². The third kappa shape index (κ3) is 3.33. The van der Waals surface area contributed by atoms with Crippen LogP contribution in [0.1, 0.15) is 30.5 Å². The van der Waals surface area contributed by atoms with Gasteiger partial charge in [0.15, 0.2) is 0 Å². The highest BCUT2D eigenvalue weighted by molar-refractivity contribution is 8.00. The summed E-state index contributed by atoms with van der Waals surface area (Å²) in [6, 6.07) is 8.83. The van der Waals surface area contributed by atoms with Crippen LogP contribution in [0.5, 0.6) is 0 Å². The Morgan fingerprint density at radius 1 is 1.55 bits per heavy atom. The summed E-state index contributed by atoms with van der Waals surface area (Å²) >= 11 is 1.96. The zero-order valence-electron chi connectivity index (χ0n) is 11.6. The molecule has 1 heterocycles. The van der Waals surface area contributed by atoms with E-state index >= 15 is 0 Å². The lowest BCUT2D eigenvalue weighted by molar-refractivity contribution is -0.123. The van der Waals surface area contributed by atoms with Crippen molar-refractivity contribution in [3.63, 3.8) is 0 Å². The summed E-state index contributed by atoms with van der Waals surface area (Å²) < 4.78 is 0. The molecule has 0 aliphatic carbocycles. The molecular formula is C15H19N3OS. The molecule has 2 N–H and O–H groups in total. The molecule has 106 valence electrons. The number of thioether (sulfide) groups is 1. The first-order valence-electron chi connectivity index (χ1n) is 6.80. The van der Waals surface area contributed by atoms with E-state index in [9.17, 15) is 4.79 Å². The third-order valence-electron chi connectivity index (χ3n) is 3.62. The molecule has 5 heteroatoms. The molecule has 1 aromatic carbocycles. The molecule has 0 bridgehead atoms. The molecule has 0 aromatic heterocycles. The van der Waals surface area contributed by atoms with Gasteiger partial charge in [-0.2, -0.15) is 17.0 Å². The quantitative estimate of drug-likeness (QED) is 0.919. The molecule has 0 radical (unpaired) electrons. The van der Waals surface area contributed by atoms with Crippen LogP contribution in [0.2, 0.25) is 0 Å². The number of carbonyl (C=O) groups is 1. The van der Waals surface area contributed by atoms with E-state index in [4.69, 9.17) is 11.0 Å². The van der Waals surface area contributed by atoms with E-state index in [1.165, 1.54) is 0 Å². The van der Waals surface area contributed by atoms with Crippen LogP contribution in [0, 0.1) is 11.3 Å². The van der Waals surface area contributed by atoms with Crippen LogP contribution in [0.3, 0.4) is 0 Å². The number of nitrogens with zero attached hydrogens (tertiary/aromatic N) is 2. The Balaban J connectivity index is 2.22. The normalized spacial score (nSPS) is 21.1. The second-order valence-electron chi connectivity index (χ2n) is 4.93. The largest absolute Gasteiger partial charge is 0.368 e. The highest BCUT2D eigenvalue weighted by Crippen LogP contribution is 2.28. The molecule has 4 nitrogen and oxygen atoms in total. The third-order valence-corrected chi connectivity index (χ3v) is 4.99. The van der Waals surface area contributed by atoms with Crippen molar-refractivity contribution in [2.45, 2.75) is 24.6 Å². The fourth-order valence-electron chi connectivity index (χ4n) is 2.52. The molecule has 1 aliphatic heterocycles. The van der Waals surface area contributed by atoms with Crippen molar-refractivity contribution in [3.05, 3.63) is 35.4 Å². The van der Waals surface area contributed by atoms with Gasteiger partial charge in [0.2, 0.25) is 5.91 Å². The minimum atomic E-state index is -0.391. The van der Waals surface area contributed by atoms with Gasteiger partial charge in [0.1, 0.15) is 6.04 Å². The summed E-state index contributed by atoms with van der Waals surface area (Å²) in [5.41, 5.74) is 7.07. The van der Waals surface area contributed by atoms with Crippen LogP contribution >= 0.6 is 11.8 Å². The fourth-order valence-corrected chi connectivity index (χ4v) is 3.72. The molecular weight excluding hydrogens is 270 g/mol. The van der Waals surface area contributed by atoms with Gasteiger partial charge >= 0.3 is 0 Å². The van der Waals surface area contributed by atoms with E-state index in [1.807, 2.05) is 23.9 Å². The summed E-state index contributed by atoms with van der Waals surface area (Å²) in [5.74, 6) is 0.704. The maximum atomic E-state index is 11.9. The Labute approximate surface area is 123 Å². The smallest absolute Gasteiger partial charge is 0.239 e. The first-order valence-corrected chi connectivity index (χ1v) is 7.85. The number of hydrogen-bond acceptors (Lipinski definition) is 4. The van der Waals surface area contributed by atoms with E-state index < -0.39 is 6.04 Å². The average Bonchev–Trinajstić information content (AvgIpc) is 2.48. The number of nitriles is 1. The predicted octanol–water partition coefficient (Wildman–Crippen LogP) is 1.91. The number of carbonyl (C=O) groups excluding carboxylic acids is 1. The molecule has 2 atom stereocenters. The first-order chi connectivity index (χ1) is 9.65. The summed E-state index contributed by atoms with van der Waals surface area (Å²) in [6.45, 7) is 3.92. The van der Waals surface area contributed by atoms with Crippen LogP contribution in [-0.2, 0) is 4.79 Å². The average molecular weight is 289 g/mol. The molecule has 1 amide bonds. The van der Waals surface area contributed by atoms with Gasteiger partial charge in [-0.05, 0) is 24.1 Å². The number of hydrogen-bond donors (Lipinski definition) is 1. The zero-order chi connectivity index (χ0) is 14.5. The van der Waals surface area contributed by atoms with Crippen molar-refractivity contribution in [1.82, 2.24) is 4.90 Å². The lowest BCUT2D eigenvalue weighted by Crippen LogP contribution is -2.45. The monoisotopic (exact) mass is 289 g/mol. The molecule has 2 rings (SSSR count). The lowest BCUT2D eigenvalue weighted by atomic mass is 10.0. The highest BCUT2D eigenvalue weighted by atomic mass is 32.2. The van der Waals surface area contributed by atoms with Gasteiger partial charge in [0.05, 0.1) is 11.6 Å². The SMILES string of the molecule is CC[C@@H]1CN([C@H](C(N)=O)c2ccc(C#N)cc2)CCS1. The zero-order valence-corrected chi connectivity index (χ0v) is 12.4. The molecule has 1 aromatic rings. The van der Waals surface area contributed by atoms with Gasteiger partial charge in [0.25, 0.3) is 0 Å². The van der Waals surface area contributed by atoms with Crippen molar-refractivity contribution in [1.29, 1.82) is 5.26 Å². The molecule has 1 aliphatic rings. The summed E-state index contributed by atoms with van der Waals surface area (Å²) in [4.78, 5) is 14.0. The van der Waals surface area contributed by atoms with E-state index in [2.05, 4.69) is 17.9 Å². The van der Waals surface area contributed by atoms with Crippen molar-refractivity contribution < 1.29 is 4.79 Å². The van der Waals surface area contributed by atoms with Gasteiger partial charge in [0, 0.05) is 24.1 Å². The Bertz CT molecular complexity index is 509. The predicted molar refractivity (Wildman–Crippen MR) is 81.2 cm³/mol. The standard InChI is InChI=1S/C15H19N3OS/c1-2-13-10-18(7-8-20-13)14(15(17)19)12-5-3-11(9-16)4-6-12/h3-6,13-14H,2,7-8,10H2,1H3,(H2,17,19)/t13-,14+/m1/s1. The molecule has 0 unspecified atom stereocenters. The molecule has 1 saturated heterocycles. The van der Waals surface area contributed by atoms with Gasteiger partial charge in [-0.1, -0.05) is 19.1 Å². The van der Waals surface area contributed by atoms with Crippen LogP contribution in [0.25, 0.3) is 0 Å². The second-order valence-corrected chi connectivity index (χ2v) is 6.34. The maximum Gasteiger partial charge on any atom is 0.239 e. The Kier molecular flexibility index (Phi) is 5.05. The summed E-state index contributed by atoms with van der Waals surface area (Å²) in [7, 11) is 0. The first kappa shape index (κ1) is 14.9. The Hall–Kier alpha value is -1.51. The van der Waals surface area contributed by atoms with Gasteiger partial charge in [-0.15, -0.1) is 0 Å². The van der Waals surface area contributed by atoms with Crippen molar-refractivity contribution >= 4 is 17.7 Å². The maximum absolute atomic E-state index is 11.9. The fraction of sp³-hybridized carbons (Fsp3) is 0.467. The van der Waals surface area contributed by atoms with Crippen LogP contribution in [0.15, 0.2) is 24.3 Å². The lowest BCUT2D eigenvalue weighted by Gasteiger charge is -2.36. The van der Waals surface area contributed by atoms with E-state index in [0.717, 1.165) is 30.8 Å². The highest BCUT2D eigenvalue weighted by Gasteiger charge is 2.30. The van der Waals surface area contributed by atoms with Crippen LogP contribution < -0.4 is 5.73 Å². The molecule has 20 heavy (non-hydrogen) atoms. The number of amides is 1. The number of rotatable bonds is 4.